The maximum atomic E-state index is 13.2. The lowest BCUT2D eigenvalue weighted by atomic mass is 9.95. The van der Waals surface area contributed by atoms with E-state index in [9.17, 15) is 14.0 Å². The highest BCUT2D eigenvalue weighted by molar-refractivity contribution is 5.86. The topological polar surface area (TPSA) is 67.4 Å². The zero-order valence-electron chi connectivity index (χ0n) is 17.7. The number of hydrogen-bond donors (Lipinski definition) is 2. The molecule has 0 heterocycles. The molecule has 2 amide bonds. The van der Waals surface area contributed by atoms with E-state index in [1.807, 2.05) is 30.3 Å². The largest absolute Gasteiger partial charge is 0.444 e. The van der Waals surface area contributed by atoms with E-state index in [1.165, 1.54) is 12.1 Å². The number of benzene rings is 2. The van der Waals surface area contributed by atoms with Crippen molar-refractivity contribution in [2.75, 3.05) is 6.54 Å². The number of hydrogen-bond acceptors (Lipinski definition) is 3. The van der Waals surface area contributed by atoms with Crippen molar-refractivity contribution in [2.45, 2.75) is 57.1 Å². The SMILES string of the molecule is CC(C)(C)OC(=O)NC(Cc1ccccc1)C(=O)NCC1(c2ccc(F)cc2)CC1. The molecule has 160 valence electrons. The van der Waals surface area contributed by atoms with Crippen molar-refractivity contribution in [1.29, 1.82) is 0 Å². The average molecular weight is 413 g/mol. The van der Waals surface area contributed by atoms with Crippen LogP contribution < -0.4 is 10.6 Å². The molecule has 2 N–H and O–H groups in total. The van der Waals surface area contributed by atoms with Gasteiger partial charge in [-0.05, 0) is 56.9 Å². The molecule has 6 heteroatoms. The van der Waals surface area contributed by atoms with E-state index >= 15 is 0 Å². The Morgan fingerprint density at radius 2 is 1.70 bits per heavy atom. The Bertz CT molecular complexity index is 872. The molecule has 0 aromatic heterocycles. The summed E-state index contributed by atoms with van der Waals surface area (Å²) in [5.74, 6) is -0.541. The minimum absolute atomic E-state index is 0.160. The van der Waals surface area contributed by atoms with Crippen molar-refractivity contribution in [3.05, 3.63) is 71.5 Å². The number of nitrogens with one attached hydrogen (secondary N) is 2. The Kier molecular flexibility index (Phi) is 6.44. The van der Waals surface area contributed by atoms with Crippen LogP contribution >= 0.6 is 0 Å². The van der Waals surface area contributed by atoms with Crippen LogP contribution in [-0.2, 0) is 21.4 Å². The summed E-state index contributed by atoms with van der Waals surface area (Å²) in [5.41, 5.74) is 1.14. The zero-order chi connectivity index (χ0) is 21.8. The molecular formula is C24H29FN2O3. The van der Waals surface area contributed by atoms with Crippen molar-refractivity contribution >= 4 is 12.0 Å². The van der Waals surface area contributed by atoms with Crippen LogP contribution in [0.15, 0.2) is 54.6 Å². The van der Waals surface area contributed by atoms with Gasteiger partial charge >= 0.3 is 6.09 Å². The fourth-order valence-corrected chi connectivity index (χ4v) is 3.41. The van der Waals surface area contributed by atoms with Gasteiger partial charge in [-0.15, -0.1) is 0 Å². The molecule has 0 radical (unpaired) electrons. The van der Waals surface area contributed by atoms with Gasteiger partial charge in [-0.3, -0.25) is 4.79 Å². The summed E-state index contributed by atoms with van der Waals surface area (Å²) < 4.78 is 18.6. The molecule has 0 spiro atoms. The number of rotatable bonds is 7. The van der Waals surface area contributed by atoms with Crippen molar-refractivity contribution < 1.29 is 18.7 Å². The lowest BCUT2D eigenvalue weighted by Crippen LogP contribution is -2.50. The van der Waals surface area contributed by atoms with Gasteiger partial charge in [-0.1, -0.05) is 42.5 Å². The number of amides is 2. The average Bonchev–Trinajstić information content (AvgIpc) is 3.46. The first-order valence-corrected chi connectivity index (χ1v) is 10.2. The molecular weight excluding hydrogens is 383 g/mol. The third kappa shape index (κ3) is 6.05. The molecule has 0 bridgehead atoms. The fourth-order valence-electron chi connectivity index (χ4n) is 3.41. The standard InChI is InChI=1S/C24H29FN2O3/c1-23(2,3)30-22(29)27-20(15-17-7-5-4-6-8-17)21(28)26-16-24(13-14-24)18-9-11-19(25)12-10-18/h4-12,20H,13-16H2,1-3H3,(H,26,28)(H,27,29). The normalized spacial score (nSPS) is 15.7. The molecule has 1 atom stereocenters. The van der Waals surface area contributed by atoms with Crippen LogP contribution in [-0.4, -0.2) is 30.2 Å². The Morgan fingerprint density at radius 3 is 2.27 bits per heavy atom. The Labute approximate surface area is 177 Å². The number of alkyl carbamates (subject to hydrolysis) is 1. The summed E-state index contributed by atoms with van der Waals surface area (Å²) in [6.07, 6.45) is 1.59. The smallest absolute Gasteiger partial charge is 0.408 e. The summed E-state index contributed by atoms with van der Waals surface area (Å²) in [5, 5.41) is 5.69. The molecule has 1 saturated carbocycles. The Morgan fingerprint density at radius 1 is 1.07 bits per heavy atom. The molecule has 2 aromatic rings. The minimum atomic E-state index is -0.758. The lowest BCUT2D eigenvalue weighted by molar-refractivity contribution is -0.123. The van der Waals surface area contributed by atoms with Crippen LogP contribution in [0, 0.1) is 5.82 Å². The highest BCUT2D eigenvalue weighted by atomic mass is 19.1. The maximum Gasteiger partial charge on any atom is 0.408 e. The van der Waals surface area contributed by atoms with Crippen molar-refractivity contribution in [1.82, 2.24) is 10.6 Å². The Balaban J connectivity index is 1.66. The van der Waals surface area contributed by atoms with Crippen LogP contribution in [0.5, 0.6) is 0 Å². The molecule has 0 saturated heterocycles. The Hall–Kier alpha value is -2.89. The predicted molar refractivity (Wildman–Crippen MR) is 114 cm³/mol. The maximum absolute atomic E-state index is 13.2. The van der Waals surface area contributed by atoms with Gasteiger partial charge in [0.05, 0.1) is 0 Å². The summed E-state index contributed by atoms with van der Waals surface area (Å²) >= 11 is 0. The summed E-state index contributed by atoms with van der Waals surface area (Å²) in [4.78, 5) is 25.2. The van der Waals surface area contributed by atoms with E-state index in [2.05, 4.69) is 10.6 Å². The monoisotopic (exact) mass is 412 g/mol. The number of halogens is 1. The van der Waals surface area contributed by atoms with Gasteiger partial charge in [0.15, 0.2) is 0 Å². The van der Waals surface area contributed by atoms with Gasteiger partial charge in [-0.25, -0.2) is 9.18 Å². The summed E-state index contributed by atoms with van der Waals surface area (Å²) in [6.45, 7) is 5.77. The van der Waals surface area contributed by atoms with Crippen molar-refractivity contribution in [3.63, 3.8) is 0 Å². The van der Waals surface area contributed by atoms with Gasteiger partial charge in [0.2, 0.25) is 5.91 Å². The van der Waals surface area contributed by atoms with Gasteiger partial charge < -0.3 is 15.4 Å². The third-order valence-corrected chi connectivity index (χ3v) is 5.20. The van der Waals surface area contributed by atoms with Gasteiger partial charge in [0.1, 0.15) is 17.5 Å². The van der Waals surface area contributed by atoms with E-state index in [4.69, 9.17) is 4.74 Å². The molecule has 1 aliphatic carbocycles. The molecule has 3 rings (SSSR count). The van der Waals surface area contributed by atoms with E-state index in [0.29, 0.717) is 13.0 Å². The van der Waals surface area contributed by atoms with Crippen molar-refractivity contribution in [3.8, 4) is 0 Å². The molecule has 5 nitrogen and oxygen atoms in total. The molecule has 0 aliphatic heterocycles. The zero-order valence-corrected chi connectivity index (χ0v) is 17.7. The third-order valence-electron chi connectivity index (χ3n) is 5.20. The molecule has 30 heavy (non-hydrogen) atoms. The lowest BCUT2D eigenvalue weighted by Gasteiger charge is -2.24. The fraction of sp³-hybridized carbons (Fsp3) is 0.417. The number of carbonyl (C=O) groups is 2. The first-order chi connectivity index (χ1) is 14.2. The van der Waals surface area contributed by atoms with Gasteiger partial charge in [-0.2, -0.15) is 0 Å². The van der Waals surface area contributed by atoms with Crippen molar-refractivity contribution in [2.24, 2.45) is 0 Å². The molecule has 1 unspecified atom stereocenters. The molecule has 1 aliphatic rings. The first kappa shape index (κ1) is 21.8. The number of ether oxygens (including phenoxy) is 1. The van der Waals surface area contributed by atoms with Crippen LogP contribution in [0.2, 0.25) is 0 Å². The summed E-state index contributed by atoms with van der Waals surface area (Å²) in [6, 6.07) is 15.2. The second-order valence-electron chi connectivity index (χ2n) is 8.89. The predicted octanol–water partition coefficient (Wildman–Crippen LogP) is 4.11. The highest BCUT2D eigenvalue weighted by Crippen LogP contribution is 2.47. The second-order valence-corrected chi connectivity index (χ2v) is 8.89. The minimum Gasteiger partial charge on any atom is -0.444 e. The van der Waals surface area contributed by atoms with Crippen LogP contribution in [0.4, 0.5) is 9.18 Å². The van der Waals surface area contributed by atoms with E-state index in [-0.39, 0.29) is 17.1 Å². The first-order valence-electron chi connectivity index (χ1n) is 10.2. The van der Waals surface area contributed by atoms with Gasteiger partial charge in [0.25, 0.3) is 0 Å². The van der Waals surface area contributed by atoms with E-state index < -0.39 is 17.7 Å². The van der Waals surface area contributed by atoms with E-state index in [1.54, 1.807) is 32.9 Å². The van der Waals surface area contributed by atoms with Crippen LogP contribution in [0.1, 0.15) is 44.7 Å². The quantitative estimate of drug-likeness (QED) is 0.719. The second kappa shape index (κ2) is 8.86. The number of carbonyl (C=O) groups excluding carboxylic acids is 2. The molecule has 1 fully saturated rings. The molecule has 2 aromatic carbocycles. The van der Waals surface area contributed by atoms with Crippen LogP contribution in [0.3, 0.4) is 0 Å². The van der Waals surface area contributed by atoms with Gasteiger partial charge in [0, 0.05) is 18.4 Å². The summed E-state index contributed by atoms with van der Waals surface area (Å²) in [7, 11) is 0. The van der Waals surface area contributed by atoms with Crippen LogP contribution in [0.25, 0.3) is 0 Å². The highest BCUT2D eigenvalue weighted by Gasteiger charge is 2.44. The van der Waals surface area contributed by atoms with E-state index in [0.717, 1.165) is 24.0 Å².